The fourth-order valence-corrected chi connectivity index (χ4v) is 1.86. The Morgan fingerprint density at radius 1 is 1.53 bits per heavy atom. The Bertz CT molecular complexity index is 278. The van der Waals surface area contributed by atoms with Crippen molar-refractivity contribution in [1.29, 1.82) is 0 Å². The normalized spacial score (nSPS) is 13.0. The minimum absolute atomic E-state index is 0.106. The molecule has 86 valence electrons. The number of nitrogens with zero attached hydrogens (tertiary/aromatic N) is 1. The molecule has 0 aliphatic heterocycles. The van der Waals surface area contributed by atoms with Gasteiger partial charge in [0.05, 0.1) is 23.4 Å². The maximum Gasteiger partial charge on any atom is 0.0928 e. The molecule has 0 spiro atoms. The van der Waals surface area contributed by atoms with Crippen LogP contribution in [0.4, 0.5) is 0 Å². The summed E-state index contributed by atoms with van der Waals surface area (Å²) in [6, 6.07) is 0. The minimum atomic E-state index is 0.106. The topological polar surface area (TPSA) is 43.4 Å². The van der Waals surface area contributed by atoms with Crippen LogP contribution in [-0.2, 0) is 16.0 Å². The third-order valence-corrected chi connectivity index (χ3v) is 2.85. The van der Waals surface area contributed by atoms with Gasteiger partial charge in [-0.1, -0.05) is 0 Å². The number of rotatable bonds is 7. The van der Waals surface area contributed by atoms with Gasteiger partial charge in [-0.3, -0.25) is 0 Å². The minimum Gasteiger partial charge on any atom is -0.382 e. The van der Waals surface area contributed by atoms with Crippen LogP contribution >= 0.6 is 11.3 Å². The average molecular weight is 230 g/mol. The van der Waals surface area contributed by atoms with Crippen molar-refractivity contribution < 1.29 is 9.47 Å². The summed E-state index contributed by atoms with van der Waals surface area (Å²) in [7, 11) is 3.37. The first kappa shape index (κ1) is 12.6. The molecule has 1 heterocycles. The Labute approximate surface area is 94.6 Å². The smallest absolute Gasteiger partial charge is 0.0928 e. The third-order valence-electron chi connectivity index (χ3n) is 2.03. The second kappa shape index (κ2) is 6.90. The van der Waals surface area contributed by atoms with Crippen LogP contribution in [0.3, 0.4) is 0 Å². The summed E-state index contributed by atoms with van der Waals surface area (Å²) >= 11 is 1.67. The van der Waals surface area contributed by atoms with Crippen molar-refractivity contribution in [1.82, 2.24) is 10.3 Å². The zero-order valence-corrected chi connectivity index (χ0v) is 10.3. The zero-order valence-electron chi connectivity index (χ0n) is 9.45. The summed E-state index contributed by atoms with van der Waals surface area (Å²) in [4.78, 5) is 4.36. The van der Waals surface area contributed by atoms with Gasteiger partial charge >= 0.3 is 0 Å². The molecule has 1 aromatic rings. The lowest BCUT2D eigenvalue weighted by atomic mass is 10.3. The van der Waals surface area contributed by atoms with Crippen LogP contribution in [0, 0.1) is 6.92 Å². The van der Waals surface area contributed by atoms with E-state index in [2.05, 4.69) is 15.7 Å². The molecular formula is C10H18N2O2S. The molecule has 1 aromatic heterocycles. The molecule has 1 rings (SSSR count). The number of thiazole rings is 1. The van der Waals surface area contributed by atoms with Crippen LogP contribution in [0.2, 0.25) is 0 Å². The number of ether oxygens (including phenoxy) is 2. The van der Waals surface area contributed by atoms with Gasteiger partial charge in [-0.15, -0.1) is 11.3 Å². The number of nitrogens with one attached hydrogen (secondary N) is 1. The molecule has 1 atom stereocenters. The Kier molecular flexibility index (Phi) is 5.78. The molecule has 0 bridgehead atoms. The van der Waals surface area contributed by atoms with Crippen molar-refractivity contribution in [3.8, 4) is 0 Å². The van der Waals surface area contributed by atoms with E-state index in [0.29, 0.717) is 6.61 Å². The second-order valence-electron chi connectivity index (χ2n) is 3.30. The van der Waals surface area contributed by atoms with Crippen LogP contribution in [0.1, 0.15) is 10.7 Å². The van der Waals surface area contributed by atoms with E-state index < -0.39 is 0 Å². The average Bonchev–Trinajstić information content (AvgIpc) is 2.63. The maximum absolute atomic E-state index is 5.23. The lowest BCUT2D eigenvalue weighted by Crippen LogP contribution is -2.31. The van der Waals surface area contributed by atoms with Crippen molar-refractivity contribution in [2.45, 2.75) is 19.6 Å². The first-order chi connectivity index (χ1) is 7.26. The quantitative estimate of drug-likeness (QED) is 0.764. The summed E-state index contributed by atoms with van der Waals surface area (Å²) in [6.07, 6.45) is 0.106. The van der Waals surface area contributed by atoms with Crippen molar-refractivity contribution >= 4 is 11.3 Å². The second-order valence-corrected chi connectivity index (χ2v) is 4.36. The fourth-order valence-electron chi connectivity index (χ4n) is 1.25. The van der Waals surface area contributed by atoms with Crippen LogP contribution in [0.5, 0.6) is 0 Å². The Morgan fingerprint density at radius 2 is 2.33 bits per heavy atom. The number of aromatic nitrogens is 1. The number of aryl methyl sites for hydroxylation is 1. The van der Waals surface area contributed by atoms with E-state index in [4.69, 9.17) is 9.47 Å². The highest BCUT2D eigenvalue weighted by atomic mass is 32.1. The summed E-state index contributed by atoms with van der Waals surface area (Å²) < 4.78 is 10.3. The highest BCUT2D eigenvalue weighted by Crippen LogP contribution is 2.07. The van der Waals surface area contributed by atoms with Gasteiger partial charge in [0, 0.05) is 32.7 Å². The molecule has 0 amide bonds. The molecule has 5 heteroatoms. The van der Waals surface area contributed by atoms with Gasteiger partial charge in [-0.05, 0) is 6.92 Å². The van der Waals surface area contributed by atoms with E-state index in [1.54, 1.807) is 25.6 Å². The van der Waals surface area contributed by atoms with Crippen molar-refractivity contribution in [2.24, 2.45) is 0 Å². The van der Waals surface area contributed by atoms with Gasteiger partial charge in [0.15, 0.2) is 0 Å². The van der Waals surface area contributed by atoms with Gasteiger partial charge in [-0.25, -0.2) is 4.98 Å². The van der Waals surface area contributed by atoms with Gasteiger partial charge in [0.1, 0.15) is 0 Å². The number of hydrogen-bond donors (Lipinski definition) is 1. The SMILES string of the molecule is COCC(CNCc1csc(C)n1)OC. The molecule has 4 nitrogen and oxygen atoms in total. The first-order valence-electron chi connectivity index (χ1n) is 4.89. The Hall–Kier alpha value is -0.490. The standard InChI is InChI=1S/C10H18N2O2S/c1-8-12-9(7-15-8)4-11-5-10(14-3)6-13-2/h7,10-11H,4-6H2,1-3H3. The van der Waals surface area contributed by atoms with Crippen molar-refractivity contribution in [3.05, 3.63) is 16.1 Å². The van der Waals surface area contributed by atoms with E-state index >= 15 is 0 Å². The zero-order chi connectivity index (χ0) is 11.1. The maximum atomic E-state index is 5.23. The fraction of sp³-hybridized carbons (Fsp3) is 0.700. The summed E-state index contributed by atoms with van der Waals surface area (Å²) in [5.74, 6) is 0. The molecule has 1 unspecified atom stereocenters. The summed E-state index contributed by atoms with van der Waals surface area (Å²) in [5, 5.41) is 6.46. The molecule has 0 aliphatic carbocycles. The van der Waals surface area contributed by atoms with Crippen molar-refractivity contribution in [3.63, 3.8) is 0 Å². The molecular weight excluding hydrogens is 212 g/mol. The molecule has 0 fully saturated rings. The predicted molar refractivity (Wildman–Crippen MR) is 61.2 cm³/mol. The van der Waals surface area contributed by atoms with Gasteiger partial charge < -0.3 is 14.8 Å². The van der Waals surface area contributed by atoms with Crippen LogP contribution in [-0.4, -0.2) is 38.5 Å². The van der Waals surface area contributed by atoms with E-state index in [-0.39, 0.29) is 6.10 Å². The third kappa shape index (κ3) is 4.70. The Morgan fingerprint density at radius 3 is 2.87 bits per heavy atom. The summed E-state index contributed by atoms with van der Waals surface area (Å²) in [5.41, 5.74) is 1.09. The lowest BCUT2D eigenvalue weighted by Gasteiger charge is -2.14. The van der Waals surface area contributed by atoms with E-state index in [1.165, 1.54) is 0 Å². The highest BCUT2D eigenvalue weighted by molar-refractivity contribution is 7.09. The molecule has 0 saturated carbocycles. The summed E-state index contributed by atoms with van der Waals surface area (Å²) in [6.45, 7) is 4.19. The van der Waals surface area contributed by atoms with Crippen LogP contribution in [0.15, 0.2) is 5.38 Å². The van der Waals surface area contributed by atoms with Gasteiger partial charge in [0.2, 0.25) is 0 Å². The molecule has 0 aromatic carbocycles. The lowest BCUT2D eigenvalue weighted by molar-refractivity contribution is 0.0287. The molecule has 0 aliphatic rings. The molecule has 0 radical (unpaired) electrons. The van der Waals surface area contributed by atoms with Crippen molar-refractivity contribution in [2.75, 3.05) is 27.4 Å². The van der Waals surface area contributed by atoms with Gasteiger partial charge in [0.25, 0.3) is 0 Å². The van der Waals surface area contributed by atoms with E-state index in [1.807, 2.05) is 6.92 Å². The van der Waals surface area contributed by atoms with Gasteiger partial charge in [-0.2, -0.15) is 0 Å². The molecule has 15 heavy (non-hydrogen) atoms. The Balaban J connectivity index is 2.20. The van der Waals surface area contributed by atoms with Crippen LogP contribution in [0.25, 0.3) is 0 Å². The van der Waals surface area contributed by atoms with E-state index in [9.17, 15) is 0 Å². The van der Waals surface area contributed by atoms with E-state index in [0.717, 1.165) is 23.8 Å². The number of methoxy groups -OCH3 is 2. The first-order valence-corrected chi connectivity index (χ1v) is 5.77. The predicted octanol–water partition coefficient (Wildman–Crippen LogP) is 1.20. The number of hydrogen-bond acceptors (Lipinski definition) is 5. The molecule has 1 N–H and O–H groups in total. The highest BCUT2D eigenvalue weighted by Gasteiger charge is 2.06. The largest absolute Gasteiger partial charge is 0.382 e. The van der Waals surface area contributed by atoms with Crippen LogP contribution < -0.4 is 5.32 Å². The monoisotopic (exact) mass is 230 g/mol. The molecule has 0 saturated heterocycles.